The summed E-state index contributed by atoms with van der Waals surface area (Å²) >= 11 is 0.853. The second kappa shape index (κ2) is 10.3. The number of thioether (sulfide) groups is 1. The van der Waals surface area contributed by atoms with Crippen molar-refractivity contribution in [3.63, 3.8) is 0 Å². The summed E-state index contributed by atoms with van der Waals surface area (Å²) in [6, 6.07) is 29.5. The lowest BCUT2D eigenvalue weighted by atomic mass is 10.1. The lowest BCUT2D eigenvalue weighted by Crippen LogP contribution is -2.36. The summed E-state index contributed by atoms with van der Waals surface area (Å²) in [6.07, 6.45) is 1.73. The summed E-state index contributed by atoms with van der Waals surface area (Å²) in [5.41, 5.74) is 6.74. The van der Waals surface area contributed by atoms with Crippen LogP contribution in [0.2, 0.25) is 0 Å². The van der Waals surface area contributed by atoms with Crippen LogP contribution in [0.3, 0.4) is 0 Å². The van der Waals surface area contributed by atoms with Gasteiger partial charge >= 0.3 is 0 Å². The van der Waals surface area contributed by atoms with E-state index in [0.29, 0.717) is 10.6 Å². The van der Waals surface area contributed by atoms with E-state index in [2.05, 4.69) is 46.3 Å². The largest absolute Gasteiger partial charge is 0.325 e. The van der Waals surface area contributed by atoms with Crippen LogP contribution in [-0.2, 0) is 9.59 Å². The summed E-state index contributed by atoms with van der Waals surface area (Å²) in [6.45, 7) is 3.67. The van der Waals surface area contributed by atoms with Crippen LogP contribution in [0.4, 0.5) is 10.5 Å². The Hall–Kier alpha value is -4.36. The van der Waals surface area contributed by atoms with Gasteiger partial charge in [-0.25, -0.2) is 0 Å². The minimum atomic E-state index is -0.463. The zero-order chi connectivity index (χ0) is 25.9. The van der Waals surface area contributed by atoms with Crippen molar-refractivity contribution in [2.75, 3.05) is 11.9 Å². The number of rotatable bonds is 6. The lowest BCUT2D eigenvalue weighted by molar-refractivity contribution is -0.127. The SMILES string of the molecule is Cc1cc(/C=C2\SC(=O)N(CC(=O)Nc3ccccc3)C2=O)c(C)n1-c1ccc(-c2ccccc2)cc1. The second-order valence-corrected chi connectivity index (χ2v) is 9.75. The molecule has 1 N–H and O–H groups in total. The number of carbonyl (C=O) groups is 3. The molecule has 1 saturated heterocycles. The molecule has 0 spiro atoms. The second-order valence-electron chi connectivity index (χ2n) is 8.76. The number of hydrogen-bond acceptors (Lipinski definition) is 4. The van der Waals surface area contributed by atoms with Crippen LogP contribution in [0, 0.1) is 13.8 Å². The summed E-state index contributed by atoms with van der Waals surface area (Å²) in [7, 11) is 0. The van der Waals surface area contributed by atoms with Crippen LogP contribution in [0.5, 0.6) is 0 Å². The van der Waals surface area contributed by atoms with E-state index >= 15 is 0 Å². The third-order valence-electron chi connectivity index (χ3n) is 6.22. The number of hydrogen-bond donors (Lipinski definition) is 1. The Labute approximate surface area is 219 Å². The minimum absolute atomic E-state index is 0.303. The normalized spacial score (nSPS) is 14.4. The minimum Gasteiger partial charge on any atom is -0.325 e. The molecule has 3 amide bonds. The molecule has 1 fully saturated rings. The van der Waals surface area contributed by atoms with E-state index in [1.54, 1.807) is 30.3 Å². The molecule has 3 aromatic carbocycles. The van der Waals surface area contributed by atoms with Gasteiger partial charge in [0.1, 0.15) is 6.54 Å². The van der Waals surface area contributed by atoms with Crippen molar-refractivity contribution >= 4 is 40.6 Å². The maximum Gasteiger partial charge on any atom is 0.294 e. The highest BCUT2D eigenvalue weighted by Gasteiger charge is 2.36. The van der Waals surface area contributed by atoms with E-state index < -0.39 is 17.1 Å². The highest BCUT2D eigenvalue weighted by Crippen LogP contribution is 2.34. The van der Waals surface area contributed by atoms with Gasteiger partial charge in [-0.05, 0) is 78.7 Å². The standard InChI is InChI=1S/C30H25N3O3S/c1-20-17-24(21(2)33(20)26-15-13-23(14-16-26)22-9-5-3-6-10-22)18-27-29(35)32(30(36)37-27)19-28(34)31-25-11-7-4-8-12-25/h3-18H,19H2,1-2H3,(H,31,34)/b27-18-. The first-order chi connectivity index (χ1) is 17.9. The van der Waals surface area contributed by atoms with Gasteiger partial charge in [-0.15, -0.1) is 0 Å². The average Bonchev–Trinajstić information content (AvgIpc) is 3.33. The predicted octanol–water partition coefficient (Wildman–Crippen LogP) is 6.44. The van der Waals surface area contributed by atoms with E-state index in [0.717, 1.165) is 50.4 Å². The van der Waals surface area contributed by atoms with Crippen molar-refractivity contribution in [1.29, 1.82) is 0 Å². The molecule has 37 heavy (non-hydrogen) atoms. The van der Waals surface area contributed by atoms with Gasteiger partial charge in [0.05, 0.1) is 4.91 Å². The van der Waals surface area contributed by atoms with Crippen LogP contribution in [0.15, 0.2) is 95.9 Å². The Morgan fingerprint density at radius 3 is 2.16 bits per heavy atom. The Morgan fingerprint density at radius 2 is 1.49 bits per heavy atom. The van der Waals surface area contributed by atoms with E-state index in [9.17, 15) is 14.4 Å². The highest BCUT2D eigenvalue weighted by atomic mass is 32.2. The molecule has 4 aromatic rings. The zero-order valence-corrected chi connectivity index (χ0v) is 21.3. The first-order valence-corrected chi connectivity index (χ1v) is 12.7. The molecule has 0 atom stereocenters. The third-order valence-corrected chi connectivity index (χ3v) is 7.13. The van der Waals surface area contributed by atoms with Gasteiger partial charge in [0.2, 0.25) is 5.91 Å². The van der Waals surface area contributed by atoms with Gasteiger partial charge in [-0.3, -0.25) is 19.3 Å². The molecule has 1 aromatic heterocycles. The molecule has 5 rings (SSSR count). The molecule has 0 saturated carbocycles. The highest BCUT2D eigenvalue weighted by molar-refractivity contribution is 8.18. The molecule has 184 valence electrons. The van der Waals surface area contributed by atoms with Gasteiger partial charge in [0.15, 0.2) is 0 Å². The van der Waals surface area contributed by atoms with Crippen molar-refractivity contribution in [2.24, 2.45) is 0 Å². The van der Waals surface area contributed by atoms with Crippen LogP contribution in [0.1, 0.15) is 17.0 Å². The topological polar surface area (TPSA) is 71.4 Å². The molecular formula is C30H25N3O3S. The summed E-state index contributed by atoms with van der Waals surface area (Å²) < 4.78 is 2.12. The maximum atomic E-state index is 13.0. The van der Waals surface area contributed by atoms with Crippen molar-refractivity contribution < 1.29 is 14.4 Å². The Morgan fingerprint density at radius 1 is 0.865 bits per heavy atom. The first-order valence-electron chi connectivity index (χ1n) is 11.9. The quantitative estimate of drug-likeness (QED) is 0.305. The number of benzene rings is 3. The molecule has 7 heteroatoms. The van der Waals surface area contributed by atoms with Crippen molar-refractivity contribution in [1.82, 2.24) is 9.47 Å². The maximum absolute atomic E-state index is 13.0. The molecular weight excluding hydrogens is 482 g/mol. The number of carbonyl (C=O) groups excluding carboxylic acids is 3. The van der Waals surface area contributed by atoms with Crippen LogP contribution in [-0.4, -0.2) is 33.1 Å². The van der Waals surface area contributed by atoms with Crippen molar-refractivity contribution in [3.8, 4) is 16.8 Å². The first kappa shape index (κ1) is 24.3. The fourth-order valence-corrected chi connectivity index (χ4v) is 5.24. The number of aryl methyl sites for hydroxylation is 1. The fourth-order valence-electron chi connectivity index (χ4n) is 4.41. The van der Waals surface area contributed by atoms with Crippen molar-refractivity contribution in [3.05, 3.63) is 113 Å². The van der Waals surface area contributed by atoms with Gasteiger partial charge in [-0.1, -0.05) is 60.7 Å². The number of amides is 3. The number of aromatic nitrogens is 1. The Balaban J connectivity index is 1.34. The number of nitrogens with one attached hydrogen (secondary N) is 1. The number of nitrogens with zero attached hydrogens (tertiary/aromatic N) is 2. The van der Waals surface area contributed by atoms with E-state index in [4.69, 9.17) is 0 Å². The molecule has 0 bridgehead atoms. The van der Waals surface area contributed by atoms with Crippen LogP contribution >= 0.6 is 11.8 Å². The number of anilines is 1. The van der Waals surface area contributed by atoms with Gasteiger partial charge in [-0.2, -0.15) is 0 Å². The summed E-state index contributed by atoms with van der Waals surface area (Å²) in [5, 5.41) is 2.26. The molecule has 6 nitrogen and oxygen atoms in total. The summed E-state index contributed by atoms with van der Waals surface area (Å²) in [5.74, 6) is -0.887. The average molecular weight is 508 g/mol. The van der Waals surface area contributed by atoms with Crippen LogP contribution in [0.25, 0.3) is 22.9 Å². The smallest absolute Gasteiger partial charge is 0.294 e. The Bertz CT molecular complexity index is 1510. The molecule has 2 heterocycles. The zero-order valence-electron chi connectivity index (χ0n) is 20.5. The molecule has 1 aliphatic heterocycles. The van der Waals surface area contributed by atoms with Gasteiger partial charge < -0.3 is 9.88 Å². The van der Waals surface area contributed by atoms with Crippen molar-refractivity contribution in [2.45, 2.75) is 13.8 Å². The van der Waals surface area contributed by atoms with E-state index in [1.165, 1.54) is 0 Å². The lowest BCUT2D eigenvalue weighted by Gasteiger charge is -2.12. The van der Waals surface area contributed by atoms with Crippen LogP contribution < -0.4 is 5.32 Å². The fraction of sp³-hybridized carbons (Fsp3) is 0.100. The monoisotopic (exact) mass is 507 g/mol. The third kappa shape index (κ3) is 5.13. The van der Waals surface area contributed by atoms with Gasteiger partial charge in [0, 0.05) is 22.8 Å². The molecule has 0 radical (unpaired) electrons. The predicted molar refractivity (Wildman–Crippen MR) is 148 cm³/mol. The van der Waals surface area contributed by atoms with Gasteiger partial charge in [0.25, 0.3) is 11.1 Å². The molecule has 1 aliphatic rings. The molecule has 0 aliphatic carbocycles. The van der Waals surface area contributed by atoms with E-state index in [1.807, 2.05) is 44.2 Å². The van der Waals surface area contributed by atoms with E-state index in [-0.39, 0.29) is 6.54 Å². The Kier molecular flexibility index (Phi) is 6.79. The number of imide groups is 1. The molecule has 0 unspecified atom stereocenters. The number of para-hydroxylation sites is 1. The summed E-state index contributed by atoms with van der Waals surface area (Å²) in [4.78, 5) is 39.2.